The summed E-state index contributed by atoms with van der Waals surface area (Å²) in [6.07, 6.45) is 5.73. The van der Waals surface area contributed by atoms with E-state index in [1.54, 1.807) is 7.11 Å². The highest BCUT2D eigenvalue weighted by molar-refractivity contribution is 5.30. The molecule has 1 aromatic carbocycles. The van der Waals surface area contributed by atoms with Gasteiger partial charge in [0.25, 0.3) is 0 Å². The maximum Gasteiger partial charge on any atom is 0.118 e. The fourth-order valence-corrected chi connectivity index (χ4v) is 3.51. The van der Waals surface area contributed by atoms with Crippen LogP contribution in [0.3, 0.4) is 0 Å². The first-order chi connectivity index (χ1) is 9.76. The van der Waals surface area contributed by atoms with Crippen molar-refractivity contribution in [3.8, 4) is 5.75 Å². The van der Waals surface area contributed by atoms with Gasteiger partial charge in [-0.3, -0.25) is 0 Å². The van der Waals surface area contributed by atoms with Crippen molar-refractivity contribution in [3.05, 3.63) is 29.8 Å². The Kier molecular flexibility index (Phi) is 4.27. The molecule has 3 heteroatoms. The Bertz CT molecular complexity index is 425. The van der Waals surface area contributed by atoms with E-state index in [9.17, 15) is 5.11 Å². The highest BCUT2D eigenvalue weighted by Gasteiger charge is 2.32. The summed E-state index contributed by atoms with van der Waals surface area (Å²) in [7, 11) is 1.70. The zero-order valence-corrected chi connectivity index (χ0v) is 12.2. The van der Waals surface area contributed by atoms with Crippen LogP contribution in [-0.2, 0) is 0 Å². The molecular weight excluding hydrogens is 250 g/mol. The van der Waals surface area contributed by atoms with Gasteiger partial charge in [-0.15, -0.1) is 0 Å². The molecule has 0 bridgehead atoms. The SMILES string of the molecule is COc1ccc(C2CC(NCC3CCCC3O)C2)cc1. The van der Waals surface area contributed by atoms with E-state index in [2.05, 4.69) is 17.4 Å². The Balaban J connectivity index is 1.41. The van der Waals surface area contributed by atoms with E-state index in [1.165, 1.54) is 31.2 Å². The van der Waals surface area contributed by atoms with Crippen LogP contribution < -0.4 is 10.1 Å². The minimum Gasteiger partial charge on any atom is -0.497 e. The van der Waals surface area contributed by atoms with E-state index in [1.807, 2.05) is 12.1 Å². The second kappa shape index (κ2) is 6.15. The van der Waals surface area contributed by atoms with Crippen LogP contribution in [0.25, 0.3) is 0 Å². The number of hydrogen-bond acceptors (Lipinski definition) is 3. The lowest BCUT2D eigenvalue weighted by atomic mass is 9.75. The molecule has 0 aromatic heterocycles. The molecule has 20 heavy (non-hydrogen) atoms. The summed E-state index contributed by atoms with van der Waals surface area (Å²) in [6.45, 7) is 0.987. The Hall–Kier alpha value is -1.06. The summed E-state index contributed by atoms with van der Waals surface area (Å²) in [5.74, 6) is 2.10. The molecule has 2 fully saturated rings. The third-order valence-corrected chi connectivity index (χ3v) is 5.01. The van der Waals surface area contributed by atoms with Crippen molar-refractivity contribution in [1.82, 2.24) is 5.32 Å². The maximum atomic E-state index is 9.82. The largest absolute Gasteiger partial charge is 0.497 e. The summed E-state index contributed by atoms with van der Waals surface area (Å²) in [5, 5.41) is 13.4. The summed E-state index contributed by atoms with van der Waals surface area (Å²) in [6, 6.07) is 9.09. The molecule has 0 radical (unpaired) electrons. The van der Waals surface area contributed by atoms with Crippen molar-refractivity contribution in [1.29, 1.82) is 0 Å². The molecule has 0 amide bonds. The fourth-order valence-electron chi connectivity index (χ4n) is 3.51. The first-order valence-electron chi connectivity index (χ1n) is 7.81. The van der Waals surface area contributed by atoms with Crippen molar-refractivity contribution in [2.24, 2.45) is 5.92 Å². The number of benzene rings is 1. The Morgan fingerprint density at radius 2 is 1.95 bits per heavy atom. The number of aliphatic hydroxyl groups excluding tert-OH is 1. The van der Waals surface area contributed by atoms with Crippen molar-refractivity contribution in [2.45, 2.75) is 50.2 Å². The van der Waals surface area contributed by atoms with Crippen LogP contribution in [0.1, 0.15) is 43.6 Å². The van der Waals surface area contributed by atoms with Gasteiger partial charge in [-0.2, -0.15) is 0 Å². The van der Waals surface area contributed by atoms with Gasteiger partial charge < -0.3 is 15.2 Å². The molecule has 3 nitrogen and oxygen atoms in total. The van der Waals surface area contributed by atoms with Gasteiger partial charge in [0.15, 0.2) is 0 Å². The highest BCUT2D eigenvalue weighted by atomic mass is 16.5. The van der Waals surface area contributed by atoms with E-state index >= 15 is 0 Å². The van der Waals surface area contributed by atoms with Crippen LogP contribution >= 0.6 is 0 Å². The first-order valence-corrected chi connectivity index (χ1v) is 7.81. The van der Waals surface area contributed by atoms with Gasteiger partial charge in [0.05, 0.1) is 13.2 Å². The average Bonchev–Trinajstić information content (AvgIpc) is 2.83. The normalized spacial score (nSPS) is 32.9. The van der Waals surface area contributed by atoms with Crippen molar-refractivity contribution >= 4 is 0 Å². The Morgan fingerprint density at radius 1 is 1.20 bits per heavy atom. The molecule has 3 rings (SSSR count). The van der Waals surface area contributed by atoms with Crippen molar-refractivity contribution in [3.63, 3.8) is 0 Å². The Labute approximate surface area is 121 Å². The topological polar surface area (TPSA) is 41.5 Å². The van der Waals surface area contributed by atoms with Crippen LogP contribution in [0.5, 0.6) is 5.75 Å². The van der Waals surface area contributed by atoms with Crippen molar-refractivity contribution < 1.29 is 9.84 Å². The van der Waals surface area contributed by atoms with Crippen LogP contribution in [0.4, 0.5) is 0 Å². The monoisotopic (exact) mass is 275 g/mol. The zero-order valence-electron chi connectivity index (χ0n) is 12.2. The smallest absolute Gasteiger partial charge is 0.118 e. The lowest BCUT2D eigenvalue weighted by Gasteiger charge is -2.37. The number of rotatable bonds is 5. The third kappa shape index (κ3) is 2.99. The Morgan fingerprint density at radius 3 is 2.55 bits per heavy atom. The van der Waals surface area contributed by atoms with E-state index in [4.69, 9.17) is 4.74 Å². The van der Waals surface area contributed by atoms with Crippen LogP contribution in [0.2, 0.25) is 0 Å². The van der Waals surface area contributed by atoms with Crippen LogP contribution in [0, 0.1) is 5.92 Å². The molecule has 0 heterocycles. The van der Waals surface area contributed by atoms with Gasteiger partial charge in [0, 0.05) is 12.6 Å². The van der Waals surface area contributed by atoms with Gasteiger partial charge in [0.1, 0.15) is 5.75 Å². The molecule has 0 spiro atoms. The lowest BCUT2D eigenvalue weighted by Crippen LogP contribution is -2.43. The third-order valence-electron chi connectivity index (χ3n) is 5.01. The minimum absolute atomic E-state index is 0.0695. The molecule has 110 valence electrons. The van der Waals surface area contributed by atoms with Crippen molar-refractivity contribution in [2.75, 3.05) is 13.7 Å². The quantitative estimate of drug-likeness (QED) is 0.868. The van der Waals surface area contributed by atoms with Gasteiger partial charge in [-0.25, -0.2) is 0 Å². The average molecular weight is 275 g/mol. The fraction of sp³-hybridized carbons (Fsp3) is 0.647. The molecule has 2 unspecified atom stereocenters. The second-order valence-corrected chi connectivity index (χ2v) is 6.30. The summed E-state index contributed by atoms with van der Waals surface area (Å²) < 4.78 is 5.19. The van der Waals surface area contributed by atoms with E-state index < -0.39 is 0 Å². The highest BCUT2D eigenvalue weighted by Crippen LogP contribution is 2.37. The second-order valence-electron chi connectivity index (χ2n) is 6.30. The summed E-state index contributed by atoms with van der Waals surface area (Å²) in [4.78, 5) is 0. The van der Waals surface area contributed by atoms with E-state index in [0.717, 1.165) is 18.7 Å². The maximum absolute atomic E-state index is 9.82. The molecule has 0 aliphatic heterocycles. The van der Waals surface area contributed by atoms with E-state index in [0.29, 0.717) is 17.9 Å². The van der Waals surface area contributed by atoms with Crippen LogP contribution in [0.15, 0.2) is 24.3 Å². The van der Waals surface area contributed by atoms with Gasteiger partial charge >= 0.3 is 0 Å². The van der Waals surface area contributed by atoms with Gasteiger partial charge in [-0.1, -0.05) is 18.6 Å². The first kappa shape index (κ1) is 13.9. The minimum atomic E-state index is -0.0695. The summed E-state index contributed by atoms with van der Waals surface area (Å²) in [5.41, 5.74) is 1.42. The van der Waals surface area contributed by atoms with Gasteiger partial charge in [0.2, 0.25) is 0 Å². The predicted octanol–water partition coefficient (Wildman–Crippen LogP) is 2.69. The number of hydrogen-bond donors (Lipinski definition) is 2. The number of nitrogens with one attached hydrogen (secondary N) is 1. The van der Waals surface area contributed by atoms with Gasteiger partial charge in [-0.05, 0) is 55.2 Å². The molecule has 2 aliphatic carbocycles. The molecule has 2 aliphatic rings. The molecule has 2 N–H and O–H groups in total. The number of ether oxygens (including phenoxy) is 1. The number of aliphatic hydroxyl groups is 1. The number of methoxy groups -OCH3 is 1. The standard InChI is InChI=1S/C17H25NO2/c1-20-16-7-5-12(6-8-16)14-9-15(10-14)18-11-13-3-2-4-17(13)19/h5-8,13-15,17-19H,2-4,9-11H2,1H3. The molecule has 0 saturated heterocycles. The predicted molar refractivity (Wildman–Crippen MR) is 80.1 cm³/mol. The lowest BCUT2D eigenvalue weighted by molar-refractivity contribution is 0.125. The van der Waals surface area contributed by atoms with E-state index in [-0.39, 0.29) is 6.10 Å². The molecule has 2 atom stereocenters. The molecule has 1 aromatic rings. The van der Waals surface area contributed by atoms with Crippen LogP contribution in [-0.4, -0.2) is 30.9 Å². The molecule has 2 saturated carbocycles. The molecular formula is C17H25NO2. The zero-order chi connectivity index (χ0) is 13.9. The summed E-state index contributed by atoms with van der Waals surface area (Å²) >= 11 is 0.